The number of nitrogens with zero attached hydrogens (tertiary/aromatic N) is 1. The van der Waals surface area contributed by atoms with Gasteiger partial charge in [0, 0.05) is 16.7 Å². The summed E-state index contributed by atoms with van der Waals surface area (Å²) in [5, 5.41) is 3.02. The lowest BCUT2D eigenvalue weighted by atomic mass is 10.2. The lowest BCUT2D eigenvalue weighted by Gasteiger charge is -2.11. The van der Waals surface area contributed by atoms with Crippen molar-refractivity contribution in [2.75, 3.05) is 11.8 Å². The zero-order valence-electron chi connectivity index (χ0n) is 11.7. The molecule has 0 saturated heterocycles. The van der Waals surface area contributed by atoms with Crippen molar-refractivity contribution in [3.8, 4) is 0 Å². The van der Waals surface area contributed by atoms with Crippen LogP contribution in [0.4, 0.5) is 5.69 Å². The number of benzene rings is 1. The Labute approximate surface area is 133 Å². The standard InChI is InChI=1S/C14H16BrN3O2S/c1-10-3-5-12(9-17-10)18-21(19,20)14-6-4-11(8-16-2)7-13(14)15/h3-7,9,16,18H,8H2,1-2H3. The first kappa shape index (κ1) is 15.9. The fourth-order valence-electron chi connectivity index (χ4n) is 1.81. The minimum atomic E-state index is -3.65. The van der Waals surface area contributed by atoms with Gasteiger partial charge in [-0.15, -0.1) is 0 Å². The fraction of sp³-hybridized carbons (Fsp3) is 0.214. The van der Waals surface area contributed by atoms with Crippen molar-refractivity contribution in [3.05, 3.63) is 52.3 Å². The van der Waals surface area contributed by atoms with Crippen molar-refractivity contribution in [2.24, 2.45) is 0 Å². The largest absolute Gasteiger partial charge is 0.316 e. The second-order valence-electron chi connectivity index (χ2n) is 4.59. The SMILES string of the molecule is CNCc1ccc(S(=O)(=O)Nc2ccc(C)nc2)c(Br)c1. The van der Waals surface area contributed by atoms with E-state index in [0.29, 0.717) is 16.7 Å². The van der Waals surface area contributed by atoms with Crippen LogP contribution in [0, 0.1) is 6.92 Å². The summed E-state index contributed by atoms with van der Waals surface area (Å²) in [4.78, 5) is 4.27. The third kappa shape index (κ3) is 4.03. The van der Waals surface area contributed by atoms with Crippen molar-refractivity contribution in [2.45, 2.75) is 18.4 Å². The van der Waals surface area contributed by atoms with E-state index in [1.807, 2.05) is 14.0 Å². The van der Waals surface area contributed by atoms with E-state index in [1.165, 1.54) is 6.20 Å². The molecule has 1 aromatic carbocycles. The van der Waals surface area contributed by atoms with Crippen molar-refractivity contribution >= 4 is 31.6 Å². The number of halogens is 1. The number of sulfonamides is 1. The Morgan fingerprint density at radius 1 is 1.24 bits per heavy atom. The summed E-state index contributed by atoms with van der Waals surface area (Å²) in [6.45, 7) is 2.52. The Hall–Kier alpha value is -1.44. The van der Waals surface area contributed by atoms with Gasteiger partial charge < -0.3 is 5.32 Å². The van der Waals surface area contributed by atoms with E-state index in [9.17, 15) is 8.42 Å². The third-order valence-corrected chi connectivity index (χ3v) is 5.19. The molecule has 1 heterocycles. The van der Waals surface area contributed by atoms with Gasteiger partial charge in [-0.2, -0.15) is 0 Å². The number of anilines is 1. The van der Waals surface area contributed by atoms with Crippen LogP contribution in [0.2, 0.25) is 0 Å². The molecule has 0 spiro atoms. The molecule has 0 aliphatic heterocycles. The highest BCUT2D eigenvalue weighted by Crippen LogP contribution is 2.25. The molecule has 2 aromatic rings. The summed E-state index contributed by atoms with van der Waals surface area (Å²) in [7, 11) is -1.81. The van der Waals surface area contributed by atoms with Gasteiger partial charge in [0.15, 0.2) is 0 Å². The van der Waals surface area contributed by atoms with E-state index in [-0.39, 0.29) is 4.90 Å². The van der Waals surface area contributed by atoms with Crippen LogP contribution in [0.1, 0.15) is 11.3 Å². The minimum Gasteiger partial charge on any atom is -0.316 e. The van der Waals surface area contributed by atoms with Crippen molar-refractivity contribution in [1.82, 2.24) is 10.3 Å². The molecule has 0 atom stereocenters. The second-order valence-corrected chi connectivity index (χ2v) is 7.09. The van der Waals surface area contributed by atoms with Crippen molar-refractivity contribution < 1.29 is 8.42 Å². The highest BCUT2D eigenvalue weighted by molar-refractivity contribution is 9.10. The number of rotatable bonds is 5. The van der Waals surface area contributed by atoms with Crippen LogP contribution in [0.25, 0.3) is 0 Å². The quantitative estimate of drug-likeness (QED) is 0.849. The molecule has 5 nitrogen and oxygen atoms in total. The molecule has 0 aliphatic rings. The van der Waals surface area contributed by atoms with Gasteiger partial charge in [0.05, 0.1) is 11.9 Å². The minimum absolute atomic E-state index is 0.197. The Balaban J connectivity index is 2.29. The zero-order valence-corrected chi connectivity index (χ0v) is 14.1. The van der Waals surface area contributed by atoms with Gasteiger partial charge in [0.1, 0.15) is 4.90 Å². The second kappa shape index (κ2) is 6.55. The third-order valence-electron chi connectivity index (χ3n) is 2.83. The molecule has 0 bridgehead atoms. The average molecular weight is 370 g/mol. The van der Waals surface area contributed by atoms with Crippen molar-refractivity contribution in [1.29, 1.82) is 0 Å². The molecule has 0 saturated carbocycles. The number of aromatic nitrogens is 1. The summed E-state index contributed by atoms with van der Waals surface area (Å²) < 4.78 is 27.8. The van der Waals surface area contributed by atoms with Crippen LogP contribution in [-0.2, 0) is 16.6 Å². The van der Waals surface area contributed by atoms with E-state index in [1.54, 1.807) is 30.3 Å². The number of aryl methyl sites for hydroxylation is 1. The molecular weight excluding hydrogens is 354 g/mol. The molecule has 2 N–H and O–H groups in total. The summed E-state index contributed by atoms with van der Waals surface area (Å²) in [5.41, 5.74) is 2.27. The topological polar surface area (TPSA) is 71.1 Å². The smallest absolute Gasteiger partial charge is 0.263 e. The predicted octanol–water partition coefficient (Wildman–Crippen LogP) is 2.67. The number of hydrogen-bond acceptors (Lipinski definition) is 4. The monoisotopic (exact) mass is 369 g/mol. The molecule has 1 aromatic heterocycles. The van der Waals surface area contributed by atoms with E-state index < -0.39 is 10.0 Å². The summed E-state index contributed by atoms with van der Waals surface area (Å²) in [5.74, 6) is 0. The summed E-state index contributed by atoms with van der Waals surface area (Å²) in [6.07, 6.45) is 1.50. The van der Waals surface area contributed by atoms with E-state index in [0.717, 1.165) is 11.3 Å². The first-order valence-corrected chi connectivity index (χ1v) is 8.58. The molecule has 21 heavy (non-hydrogen) atoms. The maximum Gasteiger partial charge on any atom is 0.263 e. The molecule has 7 heteroatoms. The lowest BCUT2D eigenvalue weighted by Crippen LogP contribution is -2.14. The lowest BCUT2D eigenvalue weighted by molar-refractivity contribution is 0.600. The first-order chi connectivity index (χ1) is 9.92. The first-order valence-electron chi connectivity index (χ1n) is 6.31. The van der Waals surface area contributed by atoms with Crippen LogP contribution in [0.3, 0.4) is 0 Å². The van der Waals surface area contributed by atoms with Crippen molar-refractivity contribution in [3.63, 3.8) is 0 Å². The van der Waals surface area contributed by atoms with Gasteiger partial charge in [-0.25, -0.2) is 8.42 Å². The number of nitrogens with one attached hydrogen (secondary N) is 2. The maximum absolute atomic E-state index is 12.4. The fourth-order valence-corrected chi connectivity index (χ4v) is 3.98. The Morgan fingerprint density at radius 2 is 2.00 bits per heavy atom. The molecule has 0 fully saturated rings. The predicted molar refractivity (Wildman–Crippen MR) is 86.7 cm³/mol. The van der Waals surface area contributed by atoms with Gasteiger partial charge in [-0.05, 0) is 59.7 Å². The van der Waals surface area contributed by atoms with E-state index in [2.05, 4.69) is 31.0 Å². The molecule has 2 rings (SSSR count). The van der Waals surface area contributed by atoms with Crippen LogP contribution in [0.15, 0.2) is 45.9 Å². The van der Waals surface area contributed by atoms with Crippen LogP contribution < -0.4 is 10.0 Å². The molecule has 0 aliphatic carbocycles. The van der Waals surface area contributed by atoms with Gasteiger partial charge in [0.2, 0.25) is 0 Å². The summed E-state index contributed by atoms with van der Waals surface area (Å²) in [6, 6.07) is 8.59. The van der Waals surface area contributed by atoms with Gasteiger partial charge >= 0.3 is 0 Å². The Morgan fingerprint density at radius 3 is 2.57 bits per heavy atom. The van der Waals surface area contributed by atoms with Crippen LogP contribution >= 0.6 is 15.9 Å². The average Bonchev–Trinajstić information content (AvgIpc) is 2.41. The van der Waals surface area contributed by atoms with Crippen LogP contribution in [-0.4, -0.2) is 20.4 Å². The van der Waals surface area contributed by atoms with Crippen LogP contribution in [0.5, 0.6) is 0 Å². The van der Waals surface area contributed by atoms with Gasteiger partial charge in [-0.3, -0.25) is 9.71 Å². The Bertz CT molecular complexity index is 730. The highest BCUT2D eigenvalue weighted by Gasteiger charge is 2.18. The normalized spacial score (nSPS) is 11.4. The molecule has 112 valence electrons. The van der Waals surface area contributed by atoms with E-state index in [4.69, 9.17) is 0 Å². The zero-order chi connectivity index (χ0) is 15.5. The molecule has 0 radical (unpaired) electrons. The van der Waals surface area contributed by atoms with Gasteiger partial charge in [0.25, 0.3) is 10.0 Å². The van der Waals surface area contributed by atoms with E-state index >= 15 is 0 Å². The number of pyridine rings is 1. The number of hydrogen-bond donors (Lipinski definition) is 2. The molecular formula is C14H16BrN3O2S. The maximum atomic E-state index is 12.4. The van der Waals surface area contributed by atoms with Gasteiger partial charge in [-0.1, -0.05) is 6.07 Å². The summed E-state index contributed by atoms with van der Waals surface area (Å²) >= 11 is 3.32. The highest BCUT2D eigenvalue weighted by atomic mass is 79.9. The Kier molecular flexibility index (Phi) is 4.97. The molecule has 0 unspecified atom stereocenters. The molecule has 0 amide bonds.